The van der Waals surface area contributed by atoms with Crippen LogP contribution in [0.2, 0.25) is 0 Å². The number of nitrogens with one attached hydrogen (secondary N) is 1. The first kappa shape index (κ1) is 15.3. The summed E-state index contributed by atoms with van der Waals surface area (Å²) in [6.07, 6.45) is 5.32. The van der Waals surface area contributed by atoms with Gasteiger partial charge < -0.3 is 10.4 Å². The van der Waals surface area contributed by atoms with E-state index in [-0.39, 0.29) is 0 Å². The van der Waals surface area contributed by atoms with Gasteiger partial charge in [-0.25, -0.2) is 4.79 Å². The Kier molecular flexibility index (Phi) is 6.74. The molecule has 0 saturated carbocycles. The van der Waals surface area contributed by atoms with Crippen molar-refractivity contribution in [1.82, 2.24) is 5.32 Å². The SMILES string of the molecule is CSCC[C@@H](NC(=O)/C=C/c1ccccc1)C(=O)O. The average Bonchev–Trinajstić information content (AvgIpc) is 2.42. The van der Waals surface area contributed by atoms with Gasteiger partial charge >= 0.3 is 5.97 Å². The van der Waals surface area contributed by atoms with Crippen molar-refractivity contribution >= 4 is 29.7 Å². The summed E-state index contributed by atoms with van der Waals surface area (Å²) in [5.41, 5.74) is 0.897. The molecule has 0 aromatic heterocycles. The maximum atomic E-state index is 11.6. The molecule has 0 fully saturated rings. The Morgan fingerprint density at radius 2 is 2.05 bits per heavy atom. The molecule has 4 nitrogen and oxygen atoms in total. The Morgan fingerprint density at radius 1 is 1.37 bits per heavy atom. The molecule has 1 amide bonds. The Morgan fingerprint density at radius 3 is 2.63 bits per heavy atom. The van der Waals surface area contributed by atoms with Crippen molar-refractivity contribution in [2.45, 2.75) is 12.5 Å². The fourth-order valence-electron chi connectivity index (χ4n) is 1.45. The minimum atomic E-state index is -1.00. The van der Waals surface area contributed by atoms with Gasteiger partial charge in [-0.15, -0.1) is 0 Å². The van der Waals surface area contributed by atoms with Crippen LogP contribution < -0.4 is 5.32 Å². The van der Waals surface area contributed by atoms with Crippen LogP contribution in [-0.2, 0) is 9.59 Å². The maximum absolute atomic E-state index is 11.6. The number of amides is 1. The van der Waals surface area contributed by atoms with Crippen molar-refractivity contribution in [3.63, 3.8) is 0 Å². The number of carboxylic acid groups (broad SMARTS) is 1. The molecule has 1 rings (SSSR count). The Labute approximate surface area is 116 Å². The topological polar surface area (TPSA) is 66.4 Å². The highest BCUT2D eigenvalue weighted by atomic mass is 32.2. The number of thioether (sulfide) groups is 1. The number of hydrogen-bond acceptors (Lipinski definition) is 3. The Balaban J connectivity index is 2.53. The molecule has 0 aliphatic heterocycles. The van der Waals surface area contributed by atoms with Crippen LogP contribution in [0.3, 0.4) is 0 Å². The number of hydrogen-bond donors (Lipinski definition) is 2. The van der Waals surface area contributed by atoms with E-state index in [1.807, 2.05) is 36.6 Å². The van der Waals surface area contributed by atoms with E-state index in [1.54, 1.807) is 17.8 Å². The van der Waals surface area contributed by atoms with Crippen molar-refractivity contribution in [3.8, 4) is 0 Å². The molecule has 0 saturated heterocycles. The molecular weight excluding hydrogens is 262 g/mol. The molecule has 0 heterocycles. The standard InChI is InChI=1S/C14H17NO3S/c1-19-10-9-12(14(17)18)15-13(16)8-7-11-5-3-2-4-6-11/h2-8,12H,9-10H2,1H3,(H,15,16)(H,17,18)/b8-7+/t12-/m1/s1. The molecule has 19 heavy (non-hydrogen) atoms. The summed E-state index contributed by atoms with van der Waals surface area (Å²) in [7, 11) is 0. The Bertz CT molecular complexity index is 445. The molecule has 0 unspecified atom stereocenters. The molecule has 0 bridgehead atoms. The lowest BCUT2D eigenvalue weighted by Crippen LogP contribution is -2.40. The number of benzene rings is 1. The van der Waals surface area contributed by atoms with Gasteiger partial charge in [0.25, 0.3) is 0 Å². The molecule has 1 aromatic carbocycles. The van der Waals surface area contributed by atoms with Crippen molar-refractivity contribution in [3.05, 3.63) is 42.0 Å². The van der Waals surface area contributed by atoms with E-state index in [0.717, 1.165) is 5.56 Å². The van der Waals surface area contributed by atoms with Crippen molar-refractivity contribution in [1.29, 1.82) is 0 Å². The van der Waals surface area contributed by atoms with Gasteiger partial charge in [-0.3, -0.25) is 4.79 Å². The summed E-state index contributed by atoms with van der Waals surface area (Å²) in [4.78, 5) is 22.6. The van der Waals surface area contributed by atoms with Gasteiger partial charge in [0.05, 0.1) is 0 Å². The van der Waals surface area contributed by atoms with Crippen molar-refractivity contribution in [2.24, 2.45) is 0 Å². The quantitative estimate of drug-likeness (QED) is 0.749. The predicted molar refractivity (Wildman–Crippen MR) is 78.0 cm³/mol. The van der Waals surface area contributed by atoms with Gasteiger partial charge in [0.2, 0.25) is 5.91 Å². The molecule has 0 spiro atoms. The first-order valence-electron chi connectivity index (χ1n) is 5.89. The number of carboxylic acids is 1. The molecule has 0 aliphatic rings. The minimum absolute atomic E-state index is 0.391. The van der Waals surface area contributed by atoms with Gasteiger partial charge in [0.1, 0.15) is 6.04 Å². The molecule has 2 N–H and O–H groups in total. The van der Waals surface area contributed by atoms with E-state index in [4.69, 9.17) is 5.11 Å². The molecule has 1 atom stereocenters. The van der Waals surface area contributed by atoms with Crippen LogP contribution in [0.15, 0.2) is 36.4 Å². The van der Waals surface area contributed by atoms with Crippen molar-refractivity contribution < 1.29 is 14.7 Å². The minimum Gasteiger partial charge on any atom is -0.480 e. The van der Waals surface area contributed by atoms with Gasteiger partial charge in [-0.1, -0.05) is 30.3 Å². The van der Waals surface area contributed by atoms with E-state index >= 15 is 0 Å². The fourth-order valence-corrected chi connectivity index (χ4v) is 1.92. The second-order valence-corrected chi connectivity index (χ2v) is 4.91. The highest BCUT2D eigenvalue weighted by Gasteiger charge is 2.17. The molecule has 1 aromatic rings. The molecule has 102 valence electrons. The summed E-state index contributed by atoms with van der Waals surface area (Å²) < 4.78 is 0. The lowest BCUT2D eigenvalue weighted by atomic mass is 10.2. The predicted octanol–water partition coefficient (Wildman–Crippen LogP) is 2.02. The van der Waals surface area contributed by atoms with E-state index in [9.17, 15) is 9.59 Å². The van der Waals surface area contributed by atoms with E-state index < -0.39 is 17.9 Å². The van der Waals surface area contributed by atoms with Crippen LogP contribution >= 0.6 is 11.8 Å². The number of aliphatic carboxylic acids is 1. The largest absolute Gasteiger partial charge is 0.480 e. The third kappa shape index (κ3) is 6.10. The van der Waals surface area contributed by atoms with Gasteiger partial charge in [0.15, 0.2) is 0 Å². The van der Waals surface area contributed by atoms with E-state index in [1.165, 1.54) is 6.08 Å². The lowest BCUT2D eigenvalue weighted by Gasteiger charge is -2.12. The highest BCUT2D eigenvalue weighted by molar-refractivity contribution is 7.98. The van der Waals surface area contributed by atoms with Crippen LogP contribution in [0.25, 0.3) is 6.08 Å². The normalized spacial score (nSPS) is 12.3. The molecule has 0 aliphatic carbocycles. The van der Waals surface area contributed by atoms with E-state index in [2.05, 4.69) is 5.32 Å². The maximum Gasteiger partial charge on any atom is 0.326 e. The van der Waals surface area contributed by atoms with Crippen molar-refractivity contribution in [2.75, 3.05) is 12.0 Å². The van der Waals surface area contributed by atoms with Crippen LogP contribution in [0.4, 0.5) is 0 Å². The molecule has 5 heteroatoms. The van der Waals surface area contributed by atoms with Crippen LogP contribution in [0.5, 0.6) is 0 Å². The van der Waals surface area contributed by atoms with Gasteiger partial charge in [-0.2, -0.15) is 11.8 Å². The average molecular weight is 279 g/mol. The second-order valence-electron chi connectivity index (χ2n) is 3.92. The van der Waals surface area contributed by atoms with Crippen LogP contribution in [0, 0.1) is 0 Å². The smallest absolute Gasteiger partial charge is 0.326 e. The van der Waals surface area contributed by atoms with Gasteiger partial charge in [0, 0.05) is 6.08 Å². The van der Waals surface area contributed by atoms with Gasteiger partial charge in [-0.05, 0) is 30.1 Å². The third-order valence-corrected chi connectivity index (χ3v) is 3.10. The summed E-state index contributed by atoms with van der Waals surface area (Å²) >= 11 is 1.55. The highest BCUT2D eigenvalue weighted by Crippen LogP contribution is 2.03. The Hall–Kier alpha value is -1.75. The third-order valence-electron chi connectivity index (χ3n) is 2.45. The number of rotatable bonds is 7. The molecular formula is C14H17NO3S. The second kappa shape index (κ2) is 8.37. The zero-order chi connectivity index (χ0) is 14.1. The zero-order valence-corrected chi connectivity index (χ0v) is 11.5. The first-order valence-corrected chi connectivity index (χ1v) is 7.28. The van der Waals surface area contributed by atoms with Crippen LogP contribution in [-0.4, -0.2) is 35.0 Å². The summed E-state index contributed by atoms with van der Waals surface area (Å²) in [6, 6.07) is 8.53. The van der Waals surface area contributed by atoms with Crippen LogP contribution in [0.1, 0.15) is 12.0 Å². The fraction of sp³-hybridized carbons (Fsp3) is 0.286. The molecule has 0 radical (unpaired) electrons. The summed E-state index contributed by atoms with van der Waals surface area (Å²) in [5.74, 6) is -0.701. The summed E-state index contributed by atoms with van der Waals surface area (Å²) in [5, 5.41) is 11.5. The zero-order valence-electron chi connectivity index (χ0n) is 10.7. The summed E-state index contributed by atoms with van der Waals surface area (Å²) in [6.45, 7) is 0. The lowest BCUT2D eigenvalue weighted by molar-refractivity contribution is -0.141. The van der Waals surface area contributed by atoms with E-state index in [0.29, 0.717) is 12.2 Å². The number of carbonyl (C=O) groups is 2. The number of carbonyl (C=O) groups excluding carboxylic acids is 1. The monoisotopic (exact) mass is 279 g/mol. The first-order chi connectivity index (χ1) is 9.13.